The molecule has 0 aliphatic carbocycles. The fraction of sp³-hybridized carbons (Fsp3) is 0.625. The highest BCUT2D eigenvalue weighted by Gasteiger charge is 2.22. The van der Waals surface area contributed by atoms with E-state index in [2.05, 4.69) is 20.9 Å². The first-order chi connectivity index (χ1) is 6.98. The second kappa shape index (κ2) is 5.38. The fourth-order valence-electron chi connectivity index (χ4n) is 1.02. The molecule has 0 saturated carbocycles. The average Bonchev–Trinajstić information content (AvgIpc) is 2.61. The molecule has 1 aromatic rings. The molecule has 0 N–H and O–H groups in total. The van der Waals surface area contributed by atoms with Crippen molar-refractivity contribution in [2.24, 2.45) is 0 Å². The number of hydrogen-bond acceptors (Lipinski definition) is 4. The van der Waals surface area contributed by atoms with Gasteiger partial charge in [0.2, 0.25) is 0 Å². The van der Waals surface area contributed by atoms with Crippen LogP contribution in [0.25, 0.3) is 0 Å². The lowest BCUT2D eigenvalue weighted by Gasteiger charge is -2.14. The number of thiazole rings is 1. The van der Waals surface area contributed by atoms with E-state index in [0.29, 0.717) is 10.8 Å². The first kappa shape index (κ1) is 13.1. The van der Waals surface area contributed by atoms with Gasteiger partial charge in [0, 0.05) is 18.9 Å². The number of aromatic nitrogens is 1. The van der Waals surface area contributed by atoms with Crippen molar-refractivity contribution in [1.82, 2.24) is 9.29 Å². The first-order valence-corrected chi connectivity index (χ1v) is 7.81. The van der Waals surface area contributed by atoms with Crippen LogP contribution in [0.3, 0.4) is 0 Å². The molecule has 0 saturated heterocycles. The van der Waals surface area contributed by atoms with Crippen molar-refractivity contribution in [2.75, 3.05) is 18.9 Å². The van der Waals surface area contributed by atoms with Crippen LogP contribution in [0.1, 0.15) is 11.4 Å². The first-order valence-electron chi connectivity index (χ1n) is 4.43. The third kappa shape index (κ3) is 3.24. The van der Waals surface area contributed by atoms with Crippen LogP contribution in [0, 0.1) is 6.92 Å². The van der Waals surface area contributed by atoms with E-state index in [0.717, 1.165) is 16.8 Å². The Balaban J connectivity index is 2.83. The summed E-state index contributed by atoms with van der Waals surface area (Å²) < 4.78 is 25.5. The van der Waals surface area contributed by atoms with Crippen LogP contribution < -0.4 is 0 Å². The molecule has 0 aromatic carbocycles. The zero-order valence-electron chi connectivity index (χ0n) is 8.60. The summed E-state index contributed by atoms with van der Waals surface area (Å²) in [5, 5.41) is 1.57. The highest BCUT2D eigenvalue weighted by molar-refractivity contribution is 9.09. The summed E-state index contributed by atoms with van der Waals surface area (Å²) in [6, 6.07) is 0. The van der Waals surface area contributed by atoms with Crippen LogP contribution in [0.4, 0.5) is 0 Å². The number of hydrogen-bond donors (Lipinski definition) is 0. The van der Waals surface area contributed by atoms with Gasteiger partial charge in [-0.05, 0) is 13.3 Å². The van der Waals surface area contributed by atoms with Gasteiger partial charge in [-0.1, -0.05) is 15.9 Å². The lowest BCUT2D eigenvalue weighted by molar-refractivity contribution is 0.471. The van der Waals surface area contributed by atoms with Gasteiger partial charge >= 0.3 is 0 Å². The zero-order valence-corrected chi connectivity index (χ0v) is 11.8. The summed E-state index contributed by atoms with van der Waals surface area (Å²) in [4.78, 5) is 3.95. The normalized spacial score (nSPS) is 12.3. The van der Waals surface area contributed by atoms with Gasteiger partial charge in [-0.25, -0.2) is 17.7 Å². The highest BCUT2D eigenvalue weighted by atomic mass is 79.9. The van der Waals surface area contributed by atoms with Crippen molar-refractivity contribution in [1.29, 1.82) is 0 Å². The third-order valence-electron chi connectivity index (χ3n) is 1.87. The Morgan fingerprint density at radius 2 is 2.27 bits per heavy atom. The smallest absolute Gasteiger partial charge is 0.249 e. The minimum absolute atomic E-state index is 0.317. The van der Waals surface area contributed by atoms with Crippen molar-refractivity contribution in [3.8, 4) is 0 Å². The predicted molar refractivity (Wildman–Crippen MR) is 65.1 cm³/mol. The molecule has 0 unspecified atom stereocenters. The van der Waals surface area contributed by atoms with Crippen LogP contribution >= 0.6 is 27.3 Å². The minimum atomic E-state index is -3.32. The minimum Gasteiger partial charge on any atom is -0.249 e. The van der Waals surface area contributed by atoms with Crippen molar-refractivity contribution < 1.29 is 8.42 Å². The van der Waals surface area contributed by atoms with Gasteiger partial charge in [0.15, 0.2) is 4.21 Å². The summed E-state index contributed by atoms with van der Waals surface area (Å²) in [5.74, 6) is 0. The van der Waals surface area contributed by atoms with Crippen LogP contribution in [-0.4, -0.2) is 36.6 Å². The molecule has 0 aliphatic rings. The van der Waals surface area contributed by atoms with Crippen molar-refractivity contribution >= 4 is 37.3 Å². The Morgan fingerprint density at radius 3 is 2.73 bits per heavy atom. The molecule has 15 heavy (non-hydrogen) atoms. The maximum Gasteiger partial charge on any atom is 0.253 e. The van der Waals surface area contributed by atoms with E-state index in [1.165, 1.54) is 21.8 Å². The molecule has 0 radical (unpaired) electrons. The van der Waals surface area contributed by atoms with Crippen LogP contribution in [0.5, 0.6) is 0 Å². The molecule has 0 spiro atoms. The summed E-state index contributed by atoms with van der Waals surface area (Å²) in [7, 11) is -1.73. The van der Waals surface area contributed by atoms with Gasteiger partial charge in [0.25, 0.3) is 10.0 Å². The van der Waals surface area contributed by atoms with E-state index in [1.54, 1.807) is 14.0 Å². The van der Waals surface area contributed by atoms with Gasteiger partial charge < -0.3 is 0 Å². The standard InChI is InChI=1S/C8H13BrN2O2S2/c1-7-10-6-8(14-7)15(12,13)11(2)5-3-4-9/h6H,3-5H2,1-2H3. The van der Waals surface area contributed by atoms with Gasteiger partial charge in [0.1, 0.15) is 0 Å². The lowest BCUT2D eigenvalue weighted by Crippen LogP contribution is -2.27. The Labute approximate surface area is 103 Å². The Morgan fingerprint density at radius 1 is 1.60 bits per heavy atom. The number of sulfonamides is 1. The monoisotopic (exact) mass is 312 g/mol. The number of alkyl halides is 1. The summed E-state index contributed by atoms with van der Waals surface area (Å²) >= 11 is 4.48. The van der Waals surface area contributed by atoms with E-state index < -0.39 is 10.0 Å². The van der Waals surface area contributed by atoms with Crippen molar-refractivity contribution in [2.45, 2.75) is 17.6 Å². The Kier molecular flexibility index (Phi) is 4.69. The largest absolute Gasteiger partial charge is 0.253 e. The molecule has 0 amide bonds. The maximum absolute atomic E-state index is 11.9. The van der Waals surface area contributed by atoms with Gasteiger partial charge in [-0.3, -0.25) is 0 Å². The summed E-state index contributed by atoms with van der Waals surface area (Å²) in [6.07, 6.45) is 2.22. The topological polar surface area (TPSA) is 50.3 Å². The number of halogens is 1. The van der Waals surface area contributed by atoms with E-state index in [-0.39, 0.29) is 0 Å². The quantitative estimate of drug-likeness (QED) is 0.780. The number of nitrogens with zero attached hydrogens (tertiary/aromatic N) is 2. The van der Waals surface area contributed by atoms with Crippen LogP contribution in [-0.2, 0) is 10.0 Å². The third-order valence-corrected chi connectivity index (χ3v) is 5.64. The van der Waals surface area contributed by atoms with E-state index in [9.17, 15) is 8.42 Å². The van der Waals surface area contributed by atoms with E-state index in [1.807, 2.05) is 0 Å². The lowest BCUT2D eigenvalue weighted by atomic mass is 10.5. The van der Waals surface area contributed by atoms with E-state index >= 15 is 0 Å². The molecule has 4 nitrogen and oxygen atoms in total. The zero-order chi connectivity index (χ0) is 11.5. The molecule has 0 fully saturated rings. The van der Waals surface area contributed by atoms with E-state index in [4.69, 9.17) is 0 Å². The van der Waals surface area contributed by atoms with Gasteiger partial charge in [0.05, 0.1) is 11.2 Å². The molecule has 0 atom stereocenters. The highest BCUT2D eigenvalue weighted by Crippen LogP contribution is 2.21. The van der Waals surface area contributed by atoms with Crippen LogP contribution in [0.2, 0.25) is 0 Å². The molecule has 0 aliphatic heterocycles. The van der Waals surface area contributed by atoms with Gasteiger partial charge in [-0.15, -0.1) is 11.3 Å². The maximum atomic E-state index is 11.9. The Bertz CT molecular complexity index is 416. The number of rotatable bonds is 5. The molecule has 1 rings (SSSR count). The molecule has 86 valence electrons. The molecular formula is C8H13BrN2O2S2. The van der Waals surface area contributed by atoms with Crippen LogP contribution in [0.15, 0.2) is 10.4 Å². The van der Waals surface area contributed by atoms with Crippen molar-refractivity contribution in [3.05, 3.63) is 11.2 Å². The predicted octanol–water partition coefficient (Wildman–Crippen LogP) is 1.86. The second-order valence-corrected chi connectivity index (χ2v) is 7.37. The molecule has 7 heteroatoms. The average molecular weight is 313 g/mol. The second-order valence-electron chi connectivity index (χ2n) is 3.07. The molecule has 1 aromatic heterocycles. The molecular weight excluding hydrogens is 300 g/mol. The molecule has 1 heterocycles. The summed E-state index contributed by atoms with van der Waals surface area (Å²) in [5.41, 5.74) is 0. The summed E-state index contributed by atoms with van der Waals surface area (Å²) in [6.45, 7) is 2.31. The van der Waals surface area contributed by atoms with Gasteiger partial charge in [-0.2, -0.15) is 0 Å². The fourth-order valence-corrected chi connectivity index (χ4v) is 3.80. The van der Waals surface area contributed by atoms with Crippen molar-refractivity contribution in [3.63, 3.8) is 0 Å². The molecule has 0 bridgehead atoms. The SMILES string of the molecule is Cc1ncc(S(=O)(=O)N(C)CCCBr)s1. The number of aryl methyl sites for hydroxylation is 1. The Hall–Kier alpha value is 0.0200.